The van der Waals surface area contributed by atoms with E-state index in [1.54, 1.807) is 0 Å². The van der Waals surface area contributed by atoms with E-state index >= 15 is 0 Å². The molecule has 0 aliphatic heterocycles. The van der Waals surface area contributed by atoms with E-state index < -0.39 is 12.0 Å². The van der Waals surface area contributed by atoms with Crippen LogP contribution in [0.2, 0.25) is 0 Å². The number of benzene rings is 1. The molecule has 0 aliphatic carbocycles. The standard InChI is InChI=1S/C22H35NO4/c24-22(25)19-15-10-8-6-4-2-1-3-5-7-9-14-18-21(23(26)27)20-16-12-11-13-17-20/h11-13,16-17,21H,1-10,14-15,18-19H2,(H,24,25). The first kappa shape index (κ1) is 23.1. The minimum atomic E-state index is -0.691. The lowest BCUT2D eigenvalue weighted by molar-refractivity contribution is -0.530. The summed E-state index contributed by atoms with van der Waals surface area (Å²) >= 11 is 0. The summed E-state index contributed by atoms with van der Waals surface area (Å²) in [5.41, 5.74) is 0.811. The smallest absolute Gasteiger partial charge is 0.303 e. The van der Waals surface area contributed by atoms with Crippen molar-refractivity contribution < 1.29 is 14.8 Å². The van der Waals surface area contributed by atoms with Gasteiger partial charge in [0.1, 0.15) is 0 Å². The maximum absolute atomic E-state index is 11.3. The zero-order chi connectivity index (χ0) is 19.7. The van der Waals surface area contributed by atoms with Gasteiger partial charge in [-0.15, -0.1) is 0 Å². The van der Waals surface area contributed by atoms with Crippen LogP contribution in [0.4, 0.5) is 0 Å². The summed E-state index contributed by atoms with van der Waals surface area (Å²) < 4.78 is 0. The summed E-state index contributed by atoms with van der Waals surface area (Å²) in [6.45, 7) is 0. The van der Waals surface area contributed by atoms with E-state index in [1.807, 2.05) is 30.3 Å². The average Bonchev–Trinajstić information content (AvgIpc) is 2.65. The number of nitrogens with zero attached hydrogens (tertiary/aromatic N) is 1. The molecule has 1 unspecified atom stereocenters. The summed E-state index contributed by atoms with van der Waals surface area (Å²) in [5.74, 6) is -0.691. The van der Waals surface area contributed by atoms with Crippen LogP contribution in [0.3, 0.4) is 0 Å². The van der Waals surface area contributed by atoms with E-state index in [2.05, 4.69) is 0 Å². The molecule has 5 nitrogen and oxygen atoms in total. The molecule has 0 amide bonds. The van der Waals surface area contributed by atoms with Crippen LogP contribution in [0.5, 0.6) is 0 Å². The van der Waals surface area contributed by atoms with Gasteiger partial charge in [-0.2, -0.15) is 0 Å². The molecule has 0 heterocycles. The molecule has 0 bridgehead atoms. The molecule has 0 saturated heterocycles. The number of unbranched alkanes of at least 4 members (excludes halogenated alkanes) is 11. The Morgan fingerprint density at radius 3 is 1.70 bits per heavy atom. The minimum Gasteiger partial charge on any atom is -0.481 e. The summed E-state index contributed by atoms with van der Waals surface area (Å²) in [5, 5.41) is 19.8. The monoisotopic (exact) mass is 377 g/mol. The second-order valence-corrected chi connectivity index (χ2v) is 7.39. The van der Waals surface area contributed by atoms with Gasteiger partial charge >= 0.3 is 5.97 Å². The highest BCUT2D eigenvalue weighted by atomic mass is 16.6. The van der Waals surface area contributed by atoms with Crippen LogP contribution in [0.15, 0.2) is 30.3 Å². The Kier molecular flexibility index (Phi) is 13.0. The van der Waals surface area contributed by atoms with Crippen molar-refractivity contribution in [1.82, 2.24) is 0 Å². The Morgan fingerprint density at radius 1 is 0.815 bits per heavy atom. The average molecular weight is 378 g/mol. The number of carboxylic acid groups (broad SMARTS) is 1. The highest BCUT2D eigenvalue weighted by molar-refractivity contribution is 5.66. The van der Waals surface area contributed by atoms with E-state index in [0.717, 1.165) is 44.1 Å². The van der Waals surface area contributed by atoms with Crippen molar-refractivity contribution in [2.75, 3.05) is 0 Å². The quantitative estimate of drug-likeness (QED) is 0.190. The third-order valence-electron chi connectivity index (χ3n) is 5.06. The van der Waals surface area contributed by atoms with Gasteiger partial charge in [0.2, 0.25) is 6.04 Å². The lowest BCUT2D eigenvalue weighted by Crippen LogP contribution is -2.10. The second-order valence-electron chi connectivity index (χ2n) is 7.39. The third kappa shape index (κ3) is 12.2. The van der Waals surface area contributed by atoms with Gasteiger partial charge in [-0.1, -0.05) is 94.5 Å². The van der Waals surface area contributed by atoms with Crippen LogP contribution in [0.1, 0.15) is 101 Å². The molecule has 27 heavy (non-hydrogen) atoms. The second kappa shape index (κ2) is 15.2. The number of aliphatic carboxylic acids is 1. The molecular weight excluding hydrogens is 342 g/mol. The Labute approximate surface area is 163 Å². The van der Waals surface area contributed by atoms with Gasteiger partial charge in [0, 0.05) is 23.3 Å². The van der Waals surface area contributed by atoms with E-state index in [0.29, 0.717) is 12.8 Å². The van der Waals surface area contributed by atoms with Crippen molar-refractivity contribution in [1.29, 1.82) is 0 Å². The van der Waals surface area contributed by atoms with E-state index in [4.69, 9.17) is 5.11 Å². The fraction of sp³-hybridized carbons (Fsp3) is 0.682. The van der Waals surface area contributed by atoms with Gasteiger partial charge < -0.3 is 5.11 Å². The minimum absolute atomic E-state index is 0.156. The fourth-order valence-corrected chi connectivity index (χ4v) is 3.45. The van der Waals surface area contributed by atoms with Crippen LogP contribution in [0.25, 0.3) is 0 Å². The van der Waals surface area contributed by atoms with Gasteiger partial charge in [0.25, 0.3) is 0 Å². The van der Waals surface area contributed by atoms with Crippen LogP contribution < -0.4 is 0 Å². The van der Waals surface area contributed by atoms with Crippen molar-refractivity contribution in [3.63, 3.8) is 0 Å². The molecule has 1 aromatic rings. The topological polar surface area (TPSA) is 80.4 Å². The molecule has 1 aromatic carbocycles. The summed E-state index contributed by atoms with van der Waals surface area (Å²) in [7, 11) is 0. The highest BCUT2D eigenvalue weighted by Gasteiger charge is 2.21. The van der Waals surface area contributed by atoms with Crippen LogP contribution in [-0.2, 0) is 4.79 Å². The lowest BCUT2D eigenvalue weighted by atomic mass is 10.00. The maximum Gasteiger partial charge on any atom is 0.303 e. The maximum atomic E-state index is 11.3. The number of nitro groups is 1. The number of hydrogen-bond acceptors (Lipinski definition) is 3. The molecule has 1 rings (SSSR count). The first-order valence-electron chi connectivity index (χ1n) is 10.5. The highest BCUT2D eigenvalue weighted by Crippen LogP contribution is 2.23. The molecule has 152 valence electrons. The zero-order valence-corrected chi connectivity index (χ0v) is 16.5. The predicted octanol–water partition coefficient (Wildman–Crippen LogP) is 6.55. The van der Waals surface area contributed by atoms with Gasteiger partial charge in [-0.3, -0.25) is 14.9 Å². The van der Waals surface area contributed by atoms with Gasteiger partial charge in [-0.25, -0.2) is 0 Å². The van der Waals surface area contributed by atoms with Crippen molar-refractivity contribution in [3.8, 4) is 0 Å². The first-order valence-corrected chi connectivity index (χ1v) is 10.5. The van der Waals surface area contributed by atoms with Crippen LogP contribution >= 0.6 is 0 Å². The fourth-order valence-electron chi connectivity index (χ4n) is 3.45. The number of carbonyl (C=O) groups is 1. The molecule has 0 aromatic heterocycles. The number of hydrogen-bond donors (Lipinski definition) is 1. The normalized spacial score (nSPS) is 12.0. The van der Waals surface area contributed by atoms with Gasteiger partial charge in [-0.05, 0) is 12.8 Å². The van der Waals surface area contributed by atoms with E-state index in [-0.39, 0.29) is 4.92 Å². The first-order chi connectivity index (χ1) is 13.1. The lowest BCUT2D eigenvalue weighted by Gasteiger charge is -2.09. The Hall–Kier alpha value is -1.91. The van der Waals surface area contributed by atoms with Crippen molar-refractivity contribution in [3.05, 3.63) is 46.0 Å². The Bertz CT molecular complexity index is 518. The molecule has 0 radical (unpaired) electrons. The molecule has 1 atom stereocenters. The van der Waals surface area contributed by atoms with E-state index in [9.17, 15) is 14.9 Å². The predicted molar refractivity (Wildman–Crippen MR) is 108 cm³/mol. The SMILES string of the molecule is O=C(O)CCCCCCCCCCCCCCC(c1ccccc1)[N+](=O)[O-]. The molecular formula is C22H35NO4. The van der Waals surface area contributed by atoms with Gasteiger partial charge in [0.15, 0.2) is 0 Å². The third-order valence-corrected chi connectivity index (χ3v) is 5.06. The largest absolute Gasteiger partial charge is 0.481 e. The zero-order valence-electron chi connectivity index (χ0n) is 16.5. The molecule has 0 saturated carbocycles. The summed E-state index contributed by atoms with van der Waals surface area (Å²) in [6, 6.07) is 8.74. The van der Waals surface area contributed by atoms with E-state index in [1.165, 1.54) is 38.5 Å². The number of rotatable bonds is 17. The Morgan fingerprint density at radius 2 is 1.26 bits per heavy atom. The molecule has 1 N–H and O–H groups in total. The molecule has 0 fully saturated rings. The van der Waals surface area contributed by atoms with Crippen LogP contribution in [0, 0.1) is 10.1 Å². The van der Waals surface area contributed by atoms with Crippen molar-refractivity contribution in [2.45, 2.75) is 95.9 Å². The molecule has 5 heteroatoms. The summed E-state index contributed by atoms with van der Waals surface area (Å²) in [4.78, 5) is 21.5. The van der Waals surface area contributed by atoms with Crippen molar-refractivity contribution in [2.24, 2.45) is 0 Å². The Balaban J connectivity index is 1.92. The number of carboxylic acids is 1. The van der Waals surface area contributed by atoms with Gasteiger partial charge in [0.05, 0.1) is 0 Å². The molecule has 0 aliphatic rings. The van der Waals surface area contributed by atoms with Crippen LogP contribution in [-0.4, -0.2) is 16.0 Å². The van der Waals surface area contributed by atoms with Crippen molar-refractivity contribution >= 4 is 5.97 Å². The summed E-state index contributed by atoms with van der Waals surface area (Å²) in [6.07, 6.45) is 14.5. The molecule has 0 spiro atoms.